The Morgan fingerprint density at radius 1 is 1.32 bits per heavy atom. The topological polar surface area (TPSA) is 43.8 Å². The van der Waals surface area contributed by atoms with Crippen molar-refractivity contribution in [3.63, 3.8) is 0 Å². The summed E-state index contributed by atoms with van der Waals surface area (Å²) >= 11 is 5.27. The highest BCUT2D eigenvalue weighted by Crippen LogP contribution is 2.26. The van der Waals surface area contributed by atoms with Crippen molar-refractivity contribution in [1.29, 1.82) is 0 Å². The number of fused-ring (bicyclic) bond motifs is 1. The van der Waals surface area contributed by atoms with E-state index in [4.69, 9.17) is 5.73 Å². The van der Waals surface area contributed by atoms with Gasteiger partial charge in [-0.2, -0.15) is 0 Å². The van der Waals surface area contributed by atoms with E-state index in [9.17, 15) is 0 Å². The van der Waals surface area contributed by atoms with Gasteiger partial charge in [-0.05, 0) is 46.3 Å². The lowest BCUT2D eigenvalue weighted by Crippen LogP contribution is -2.03. The van der Waals surface area contributed by atoms with Crippen LogP contribution in [0.4, 0.5) is 5.69 Å². The van der Waals surface area contributed by atoms with Crippen LogP contribution in [0.3, 0.4) is 0 Å². The number of hydrogen-bond acceptors (Lipinski definition) is 3. The van der Waals surface area contributed by atoms with Gasteiger partial charge in [-0.1, -0.05) is 6.92 Å². The molecule has 0 aliphatic rings. The lowest BCUT2D eigenvalue weighted by Gasteiger charge is -2.06. The maximum Gasteiger partial charge on any atom is 0.109 e. The summed E-state index contributed by atoms with van der Waals surface area (Å²) in [5, 5.41) is 0. The number of benzene rings is 1. The molecular formula is C14H14BrN3S. The predicted octanol–water partition coefficient (Wildman–Crippen LogP) is 4.05. The minimum atomic E-state index is 0.763. The SMILES string of the molecule is CCc1nc2cc(N)ccc2n1Cc1ccc(Br)s1. The molecule has 2 N–H and O–H groups in total. The molecule has 0 saturated heterocycles. The van der Waals surface area contributed by atoms with Crippen molar-refractivity contribution < 1.29 is 0 Å². The largest absolute Gasteiger partial charge is 0.399 e. The van der Waals surface area contributed by atoms with E-state index >= 15 is 0 Å². The zero-order valence-corrected chi connectivity index (χ0v) is 13.0. The molecule has 0 unspecified atom stereocenters. The first-order chi connectivity index (χ1) is 9.17. The molecule has 5 heteroatoms. The molecule has 0 aliphatic carbocycles. The van der Waals surface area contributed by atoms with Crippen LogP contribution in [0.1, 0.15) is 17.6 Å². The molecular weight excluding hydrogens is 322 g/mol. The molecule has 3 rings (SSSR count). The average Bonchev–Trinajstić information content (AvgIpc) is 2.94. The van der Waals surface area contributed by atoms with Crippen LogP contribution in [0.2, 0.25) is 0 Å². The molecule has 1 aromatic carbocycles. The van der Waals surface area contributed by atoms with Crippen LogP contribution in [0.5, 0.6) is 0 Å². The Morgan fingerprint density at radius 2 is 2.16 bits per heavy atom. The van der Waals surface area contributed by atoms with Gasteiger partial charge in [0.25, 0.3) is 0 Å². The summed E-state index contributed by atoms with van der Waals surface area (Å²) < 4.78 is 3.43. The second kappa shape index (κ2) is 4.98. The highest BCUT2D eigenvalue weighted by atomic mass is 79.9. The Hall–Kier alpha value is -1.33. The van der Waals surface area contributed by atoms with Crippen LogP contribution >= 0.6 is 27.3 Å². The molecule has 3 nitrogen and oxygen atoms in total. The summed E-state index contributed by atoms with van der Waals surface area (Å²) in [6.07, 6.45) is 0.918. The normalized spacial score (nSPS) is 11.3. The Labute approximate surface area is 124 Å². The van der Waals surface area contributed by atoms with E-state index in [1.807, 2.05) is 12.1 Å². The molecule has 0 atom stereocenters. The zero-order valence-electron chi connectivity index (χ0n) is 10.6. The first-order valence-electron chi connectivity index (χ1n) is 6.16. The molecule has 0 bridgehead atoms. The molecule has 0 amide bonds. The maximum absolute atomic E-state index is 5.83. The second-order valence-corrected chi connectivity index (χ2v) is 6.97. The summed E-state index contributed by atoms with van der Waals surface area (Å²) in [6.45, 7) is 2.99. The van der Waals surface area contributed by atoms with Crippen molar-refractivity contribution in [2.45, 2.75) is 19.9 Å². The van der Waals surface area contributed by atoms with Crippen molar-refractivity contribution in [3.8, 4) is 0 Å². The molecule has 98 valence electrons. The van der Waals surface area contributed by atoms with E-state index < -0.39 is 0 Å². The third-order valence-electron chi connectivity index (χ3n) is 3.11. The predicted molar refractivity (Wildman–Crippen MR) is 84.6 cm³/mol. The van der Waals surface area contributed by atoms with Gasteiger partial charge in [0.05, 0.1) is 21.4 Å². The number of aryl methyl sites for hydroxylation is 1. The van der Waals surface area contributed by atoms with Crippen molar-refractivity contribution in [2.24, 2.45) is 0 Å². The Morgan fingerprint density at radius 3 is 2.84 bits per heavy atom. The fourth-order valence-electron chi connectivity index (χ4n) is 2.24. The average molecular weight is 336 g/mol. The third-order valence-corrected chi connectivity index (χ3v) is 4.72. The fraction of sp³-hybridized carbons (Fsp3) is 0.214. The van der Waals surface area contributed by atoms with Gasteiger partial charge in [-0.25, -0.2) is 4.98 Å². The number of aromatic nitrogens is 2. The number of imidazole rings is 1. The highest BCUT2D eigenvalue weighted by molar-refractivity contribution is 9.11. The fourth-order valence-corrected chi connectivity index (χ4v) is 3.71. The number of nitrogens with zero attached hydrogens (tertiary/aromatic N) is 2. The monoisotopic (exact) mass is 335 g/mol. The van der Waals surface area contributed by atoms with E-state index in [0.717, 1.165) is 39.3 Å². The highest BCUT2D eigenvalue weighted by Gasteiger charge is 2.10. The van der Waals surface area contributed by atoms with Gasteiger partial charge in [0, 0.05) is 17.0 Å². The van der Waals surface area contributed by atoms with Crippen LogP contribution in [0.15, 0.2) is 34.1 Å². The number of halogens is 1. The van der Waals surface area contributed by atoms with E-state index in [2.05, 4.69) is 50.6 Å². The van der Waals surface area contributed by atoms with E-state index in [1.165, 1.54) is 4.88 Å². The molecule has 0 saturated carbocycles. The van der Waals surface area contributed by atoms with Crippen molar-refractivity contribution in [1.82, 2.24) is 9.55 Å². The van der Waals surface area contributed by atoms with Gasteiger partial charge in [-0.3, -0.25) is 0 Å². The molecule has 3 aromatic rings. The first-order valence-corrected chi connectivity index (χ1v) is 7.77. The molecule has 0 radical (unpaired) electrons. The van der Waals surface area contributed by atoms with Gasteiger partial charge in [0.1, 0.15) is 5.82 Å². The lowest BCUT2D eigenvalue weighted by molar-refractivity contribution is 0.761. The van der Waals surface area contributed by atoms with Crippen molar-refractivity contribution in [3.05, 3.63) is 44.8 Å². The van der Waals surface area contributed by atoms with Crippen LogP contribution in [-0.4, -0.2) is 9.55 Å². The molecule has 19 heavy (non-hydrogen) atoms. The van der Waals surface area contributed by atoms with Gasteiger partial charge in [-0.15, -0.1) is 11.3 Å². The number of anilines is 1. The Bertz CT molecular complexity index is 729. The van der Waals surface area contributed by atoms with Crippen LogP contribution < -0.4 is 5.73 Å². The summed E-state index contributed by atoms with van der Waals surface area (Å²) in [4.78, 5) is 5.99. The lowest BCUT2D eigenvalue weighted by atomic mass is 10.3. The van der Waals surface area contributed by atoms with Crippen LogP contribution in [0, 0.1) is 0 Å². The first kappa shape index (κ1) is 12.7. The van der Waals surface area contributed by atoms with E-state index in [1.54, 1.807) is 11.3 Å². The van der Waals surface area contributed by atoms with E-state index in [0.29, 0.717) is 0 Å². The summed E-state index contributed by atoms with van der Waals surface area (Å²) in [5.74, 6) is 1.10. The molecule has 2 heterocycles. The number of thiophene rings is 1. The van der Waals surface area contributed by atoms with Gasteiger partial charge in [0.2, 0.25) is 0 Å². The molecule has 2 aromatic heterocycles. The Balaban J connectivity index is 2.10. The molecule has 0 fully saturated rings. The smallest absolute Gasteiger partial charge is 0.109 e. The van der Waals surface area contributed by atoms with Gasteiger partial charge in [0.15, 0.2) is 0 Å². The number of nitrogens with two attached hydrogens (primary N) is 1. The minimum absolute atomic E-state index is 0.763. The maximum atomic E-state index is 5.83. The standard InChI is InChI=1S/C14H14BrN3S/c1-2-14-17-11-7-9(16)3-5-12(11)18(14)8-10-4-6-13(15)19-10/h3-7H,2,8,16H2,1H3. The minimum Gasteiger partial charge on any atom is -0.399 e. The Kier molecular flexibility index (Phi) is 3.33. The number of hydrogen-bond donors (Lipinski definition) is 1. The van der Waals surface area contributed by atoms with Gasteiger partial charge < -0.3 is 10.3 Å². The van der Waals surface area contributed by atoms with Gasteiger partial charge >= 0.3 is 0 Å². The second-order valence-electron chi connectivity index (χ2n) is 4.42. The van der Waals surface area contributed by atoms with E-state index in [-0.39, 0.29) is 0 Å². The molecule has 0 spiro atoms. The number of rotatable bonds is 3. The summed E-state index contributed by atoms with van der Waals surface area (Å²) in [6, 6.07) is 10.2. The molecule has 0 aliphatic heterocycles. The van der Waals surface area contributed by atoms with Crippen LogP contribution in [0.25, 0.3) is 11.0 Å². The zero-order chi connectivity index (χ0) is 13.4. The van der Waals surface area contributed by atoms with Crippen molar-refractivity contribution >= 4 is 44.0 Å². The summed E-state index contributed by atoms with van der Waals surface area (Å²) in [7, 11) is 0. The third kappa shape index (κ3) is 2.40. The quantitative estimate of drug-likeness (QED) is 0.733. The van der Waals surface area contributed by atoms with Crippen molar-refractivity contribution in [2.75, 3.05) is 5.73 Å². The van der Waals surface area contributed by atoms with Crippen LogP contribution in [-0.2, 0) is 13.0 Å². The number of nitrogen functional groups attached to an aromatic ring is 1. The summed E-state index contributed by atoms with van der Waals surface area (Å²) in [5.41, 5.74) is 8.72.